The van der Waals surface area contributed by atoms with Gasteiger partial charge in [0.25, 0.3) is 0 Å². The summed E-state index contributed by atoms with van der Waals surface area (Å²) < 4.78 is 5.55. The largest absolute Gasteiger partial charge is 0.544 e. The van der Waals surface area contributed by atoms with Gasteiger partial charge in [-0.15, -0.1) is 0 Å². The molecule has 24 heavy (non-hydrogen) atoms. The zero-order valence-electron chi connectivity index (χ0n) is 16.0. The van der Waals surface area contributed by atoms with Crippen molar-refractivity contribution in [2.45, 2.75) is 77.6 Å². The van der Waals surface area contributed by atoms with Gasteiger partial charge in [-0.3, -0.25) is 4.79 Å². The molecule has 0 radical (unpaired) electrons. The van der Waals surface area contributed by atoms with E-state index >= 15 is 0 Å². The Hall–Kier alpha value is -1.10. The van der Waals surface area contributed by atoms with E-state index in [0.29, 0.717) is 30.5 Å². The lowest BCUT2D eigenvalue weighted by molar-refractivity contribution is -0.885. The zero-order valence-corrected chi connectivity index (χ0v) is 16.0. The number of hydrogen-bond acceptors (Lipinski definition) is 4. The Morgan fingerprint density at radius 2 is 1.42 bits per heavy atom. The molecule has 0 aliphatic rings. The molecule has 0 spiro atoms. The van der Waals surface area contributed by atoms with Crippen molar-refractivity contribution < 1.29 is 23.9 Å². The van der Waals surface area contributed by atoms with Crippen LogP contribution in [0.25, 0.3) is 0 Å². The second-order valence-electron chi connectivity index (χ2n) is 7.34. The second-order valence-corrected chi connectivity index (χ2v) is 7.34. The molecule has 0 amide bonds. The first-order chi connectivity index (χ1) is 11.4. The van der Waals surface area contributed by atoms with E-state index in [-0.39, 0.29) is 12.5 Å². The van der Waals surface area contributed by atoms with Gasteiger partial charge in [0.05, 0.1) is 33.2 Å². The second kappa shape index (κ2) is 14.3. The minimum absolute atomic E-state index is 0.0214. The highest BCUT2D eigenvalue weighted by Crippen LogP contribution is 2.10. The number of carboxylic acids is 1. The van der Waals surface area contributed by atoms with E-state index in [9.17, 15) is 14.7 Å². The zero-order chi connectivity index (χ0) is 18.3. The molecule has 0 unspecified atom stereocenters. The molecule has 0 N–H and O–H groups in total. The molecule has 5 nitrogen and oxygen atoms in total. The van der Waals surface area contributed by atoms with Gasteiger partial charge in [-0.1, -0.05) is 58.3 Å². The molecular weight excluding hydrogens is 306 g/mol. The highest BCUT2D eigenvalue weighted by atomic mass is 16.5. The molecule has 0 aliphatic carbocycles. The van der Waals surface area contributed by atoms with Gasteiger partial charge in [0.15, 0.2) is 0 Å². The Kier molecular flexibility index (Phi) is 13.6. The van der Waals surface area contributed by atoms with Gasteiger partial charge in [0.2, 0.25) is 0 Å². The van der Waals surface area contributed by atoms with Gasteiger partial charge in [-0.05, 0) is 6.42 Å². The van der Waals surface area contributed by atoms with Crippen LogP contribution in [0, 0.1) is 0 Å². The Bertz CT molecular complexity index is 342. The lowest BCUT2D eigenvalue weighted by atomic mass is 10.1. The molecule has 0 saturated carbocycles. The number of aliphatic carboxylic acids is 1. The maximum atomic E-state index is 11.6. The third-order valence-electron chi connectivity index (χ3n) is 4.21. The quantitative estimate of drug-likeness (QED) is 0.245. The lowest BCUT2D eigenvalue weighted by Gasteiger charge is -2.29. The maximum absolute atomic E-state index is 11.6. The molecule has 5 heteroatoms. The molecule has 142 valence electrons. The van der Waals surface area contributed by atoms with Crippen LogP contribution in [-0.2, 0) is 14.3 Å². The molecular formula is C19H37NO4. The van der Waals surface area contributed by atoms with Crippen molar-refractivity contribution in [1.82, 2.24) is 0 Å². The predicted molar refractivity (Wildman–Crippen MR) is 94.3 cm³/mol. The number of carbonyl (C=O) groups excluding carboxylic acids is 2. The van der Waals surface area contributed by atoms with Gasteiger partial charge in [0.1, 0.15) is 6.54 Å². The molecule has 0 bridgehead atoms. The predicted octanol–water partition coefficient (Wildman–Crippen LogP) is 2.67. The van der Waals surface area contributed by atoms with E-state index < -0.39 is 5.97 Å². The highest BCUT2D eigenvalue weighted by molar-refractivity contribution is 5.69. The first kappa shape index (κ1) is 22.9. The fourth-order valence-electron chi connectivity index (χ4n) is 2.76. The summed E-state index contributed by atoms with van der Waals surface area (Å²) in [5.74, 6) is -1.19. The maximum Gasteiger partial charge on any atom is 0.305 e. The van der Waals surface area contributed by atoms with Crippen molar-refractivity contribution >= 4 is 11.9 Å². The minimum Gasteiger partial charge on any atom is -0.544 e. The van der Waals surface area contributed by atoms with E-state index in [1.165, 1.54) is 44.9 Å². The average molecular weight is 344 g/mol. The first-order valence-electron chi connectivity index (χ1n) is 9.55. The van der Waals surface area contributed by atoms with Crippen LogP contribution in [0.3, 0.4) is 0 Å². The number of unbranched alkanes of at least 4 members (excludes halogenated alkanes) is 8. The lowest BCUT2D eigenvalue weighted by Crippen LogP contribution is -2.49. The summed E-state index contributed by atoms with van der Waals surface area (Å²) in [6.07, 6.45) is 12.3. The number of esters is 1. The fraction of sp³-hybridized carbons (Fsp3) is 0.895. The molecule has 0 aliphatic heterocycles. The van der Waals surface area contributed by atoms with E-state index in [1.807, 2.05) is 14.1 Å². The Labute approximate surface area is 148 Å². The molecule has 0 rings (SSSR count). The van der Waals surface area contributed by atoms with Crippen LogP contribution in [-0.4, -0.2) is 50.2 Å². The molecule has 0 saturated heterocycles. The number of carboxylic acid groups (broad SMARTS) is 1. The Morgan fingerprint density at radius 1 is 0.875 bits per heavy atom. The topological polar surface area (TPSA) is 66.4 Å². The number of likely N-dealkylation sites (N-methyl/N-ethyl adjacent to an activating group) is 1. The normalized spacial score (nSPS) is 11.5. The van der Waals surface area contributed by atoms with Gasteiger partial charge in [-0.25, -0.2) is 0 Å². The number of carbonyl (C=O) groups is 2. The smallest absolute Gasteiger partial charge is 0.305 e. The summed E-state index contributed by atoms with van der Waals surface area (Å²) in [5, 5.41) is 10.6. The van der Waals surface area contributed by atoms with Crippen molar-refractivity contribution in [2.75, 3.05) is 33.8 Å². The number of hydrogen-bond donors (Lipinski definition) is 0. The van der Waals surface area contributed by atoms with Crippen molar-refractivity contribution in [1.29, 1.82) is 0 Å². The fourth-order valence-corrected chi connectivity index (χ4v) is 2.76. The molecule has 0 fully saturated rings. The summed E-state index contributed by atoms with van der Waals surface area (Å²) in [5.41, 5.74) is 0. The van der Waals surface area contributed by atoms with E-state index in [4.69, 9.17) is 4.74 Å². The van der Waals surface area contributed by atoms with Crippen LogP contribution in [0.15, 0.2) is 0 Å². The number of nitrogens with zero attached hydrogens (tertiary/aromatic N) is 1. The van der Waals surface area contributed by atoms with Crippen LogP contribution in [0.1, 0.15) is 77.6 Å². The van der Waals surface area contributed by atoms with Gasteiger partial charge in [0, 0.05) is 12.8 Å². The van der Waals surface area contributed by atoms with Gasteiger partial charge in [-0.2, -0.15) is 0 Å². The van der Waals surface area contributed by atoms with Crippen LogP contribution >= 0.6 is 0 Å². The van der Waals surface area contributed by atoms with Crippen molar-refractivity contribution in [2.24, 2.45) is 0 Å². The third kappa shape index (κ3) is 15.8. The Morgan fingerprint density at radius 3 is 1.96 bits per heavy atom. The number of rotatable bonds is 16. The molecule has 0 aromatic rings. The standard InChI is InChI=1S/C19H37NO4/c1-4-5-6-7-8-9-10-11-12-14-19(23)24-16-13-15-20(2,3)17-18(21)22/h4-17H2,1-3H3. The minimum atomic E-state index is -1.05. The van der Waals surface area contributed by atoms with E-state index in [2.05, 4.69) is 6.92 Å². The third-order valence-corrected chi connectivity index (χ3v) is 4.21. The van der Waals surface area contributed by atoms with Crippen molar-refractivity contribution in [3.8, 4) is 0 Å². The molecule has 0 atom stereocenters. The SMILES string of the molecule is CCCCCCCCCCCC(=O)OCCC[N+](C)(C)CC(=O)[O-]. The summed E-state index contributed by atoms with van der Waals surface area (Å²) >= 11 is 0. The van der Waals surface area contributed by atoms with Gasteiger partial charge >= 0.3 is 5.97 Å². The van der Waals surface area contributed by atoms with Crippen LogP contribution in [0.4, 0.5) is 0 Å². The summed E-state index contributed by atoms with van der Waals surface area (Å²) in [7, 11) is 3.67. The summed E-state index contributed by atoms with van der Waals surface area (Å²) in [6, 6.07) is 0. The van der Waals surface area contributed by atoms with Crippen LogP contribution in [0.2, 0.25) is 0 Å². The number of ether oxygens (including phenoxy) is 1. The van der Waals surface area contributed by atoms with E-state index in [1.54, 1.807) is 0 Å². The van der Waals surface area contributed by atoms with Crippen molar-refractivity contribution in [3.63, 3.8) is 0 Å². The van der Waals surface area contributed by atoms with Crippen LogP contribution in [0.5, 0.6) is 0 Å². The molecule has 0 heterocycles. The monoisotopic (exact) mass is 343 g/mol. The van der Waals surface area contributed by atoms with Crippen molar-refractivity contribution in [3.05, 3.63) is 0 Å². The number of quaternary nitrogens is 1. The van der Waals surface area contributed by atoms with Crippen LogP contribution < -0.4 is 5.11 Å². The summed E-state index contributed by atoms with van der Waals surface area (Å²) in [6.45, 7) is 3.23. The van der Waals surface area contributed by atoms with Gasteiger partial charge < -0.3 is 19.1 Å². The highest BCUT2D eigenvalue weighted by Gasteiger charge is 2.15. The molecule has 0 aromatic heterocycles. The van der Waals surface area contributed by atoms with E-state index in [0.717, 1.165) is 12.8 Å². The summed E-state index contributed by atoms with van der Waals surface area (Å²) in [4.78, 5) is 22.2. The average Bonchev–Trinajstić information content (AvgIpc) is 2.48. The molecule has 0 aromatic carbocycles. The first-order valence-corrected chi connectivity index (χ1v) is 9.55. The Balaban J connectivity index is 3.43.